The van der Waals surface area contributed by atoms with Crippen LogP contribution in [0.3, 0.4) is 0 Å². The van der Waals surface area contributed by atoms with E-state index in [1.807, 2.05) is 20.8 Å². The zero-order chi connectivity index (χ0) is 11.7. The number of ether oxygens (including phenoxy) is 2. The normalized spacial score (nSPS) is 14.2. The molecule has 3 heteroatoms. The van der Waals surface area contributed by atoms with Crippen molar-refractivity contribution in [1.82, 2.24) is 0 Å². The van der Waals surface area contributed by atoms with Gasteiger partial charge in [0.25, 0.3) is 0 Å². The minimum absolute atomic E-state index is 0.124. The molecular formula is C12H26O3. The van der Waals surface area contributed by atoms with E-state index in [4.69, 9.17) is 9.47 Å². The number of aliphatic hydroxyl groups is 1. The van der Waals surface area contributed by atoms with Crippen molar-refractivity contribution in [1.29, 1.82) is 0 Å². The van der Waals surface area contributed by atoms with Gasteiger partial charge in [-0.1, -0.05) is 0 Å². The third-order valence-electron chi connectivity index (χ3n) is 2.66. The zero-order valence-electron chi connectivity index (χ0n) is 10.6. The maximum absolute atomic E-state index is 9.70. The van der Waals surface area contributed by atoms with Crippen molar-refractivity contribution < 1.29 is 14.6 Å². The first-order valence-corrected chi connectivity index (χ1v) is 5.83. The number of aliphatic hydroxyl groups excluding tert-OH is 1. The lowest BCUT2D eigenvalue weighted by molar-refractivity contribution is 0.00134. The molecule has 0 aliphatic heterocycles. The Labute approximate surface area is 93.8 Å². The van der Waals surface area contributed by atoms with Gasteiger partial charge in [-0.2, -0.15) is 0 Å². The van der Waals surface area contributed by atoms with E-state index in [0.29, 0.717) is 0 Å². The summed E-state index contributed by atoms with van der Waals surface area (Å²) < 4.78 is 10.5. The average Bonchev–Trinajstić information content (AvgIpc) is 2.22. The number of methoxy groups -OCH3 is 1. The Hall–Kier alpha value is -0.120. The van der Waals surface area contributed by atoms with Crippen molar-refractivity contribution in [2.75, 3.05) is 20.3 Å². The van der Waals surface area contributed by atoms with Gasteiger partial charge in [0.2, 0.25) is 0 Å². The first kappa shape index (κ1) is 14.9. The molecule has 15 heavy (non-hydrogen) atoms. The van der Waals surface area contributed by atoms with Crippen molar-refractivity contribution in [3.63, 3.8) is 0 Å². The predicted octanol–water partition coefficient (Wildman–Crippen LogP) is 2.37. The lowest BCUT2D eigenvalue weighted by Gasteiger charge is -2.24. The number of rotatable bonds is 9. The van der Waals surface area contributed by atoms with E-state index in [2.05, 4.69) is 0 Å². The number of hydrogen-bond acceptors (Lipinski definition) is 3. The summed E-state index contributed by atoms with van der Waals surface area (Å²) in [5.41, 5.74) is -0.124. The van der Waals surface area contributed by atoms with E-state index in [1.54, 1.807) is 7.11 Å². The second-order valence-corrected chi connectivity index (χ2v) is 4.50. The van der Waals surface area contributed by atoms with Gasteiger partial charge < -0.3 is 14.6 Å². The maximum Gasteiger partial charge on any atom is 0.0623 e. The molecule has 1 atom stereocenters. The molecule has 1 N–H and O–H groups in total. The van der Waals surface area contributed by atoms with E-state index in [9.17, 15) is 5.11 Å². The maximum atomic E-state index is 9.70. The van der Waals surface area contributed by atoms with Crippen LogP contribution in [0.15, 0.2) is 0 Å². The third kappa shape index (κ3) is 8.85. The molecule has 0 aromatic carbocycles. The Morgan fingerprint density at radius 3 is 2.47 bits per heavy atom. The van der Waals surface area contributed by atoms with Crippen LogP contribution in [-0.4, -0.2) is 37.1 Å². The smallest absolute Gasteiger partial charge is 0.0623 e. The number of hydrogen-bond donors (Lipinski definition) is 1. The molecule has 0 aliphatic carbocycles. The lowest BCUT2D eigenvalue weighted by atomic mass is 9.98. The van der Waals surface area contributed by atoms with Gasteiger partial charge in [0.15, 0.2) is 0 Å². The van der Waals surface area contributed by atoms with Crippen LogP contribution < -0.4 is 0 Å². The van der Waals surface area contributed by atoms with Crippen molar-refractivity contribution in [2.45, 2.75) is 58.2 Å². The Kier molecular flexibility index (Phi) is 8.02. The van der Waals surface area contributed by atoms with Gasteiger partial charge >= 0.3 is 0 Å². The van der Waals surface area contributed by atoms with Crippen LogP contribution in [0.1, 0.15) is 46.5 Å². The summed E-state index contributed by atoms with van der Waals surface area (Å²) in [6, 6.07) is 0. The van der Waals surface area contributed by atoms with E-state index < -0.39 is 0 Å². The molecule has 0 aromatic heterocycles. The van der Waals surface area contributed by atoms with Crippen LogP contribution in [0.5, 0.6) is 0 Å². The first-order valence-electron chi connectivity index (χ1n) is 5.83. The fourth-order valence-electron chi connectivity index (χ4n) is 1.33. The highest BCUT2D eigenvalue weighted by Crippen LogP contribution is 2.18. The molecule has 0 saturated heterocycles. The molecule has 0 aliphatic rings. The van der Waals surface area contributed by atoms with Crippen LogP contribution in [0.2, 0.25) is 0 Å². The second kappa shape index (κ2) is 8.08. The molecule has 0 rings (SSSR count). The highest BCUT2D eigenvalue weighted by Gasteiger charge is 2.17. The lowest BCUT2D eigenvalue weighted by Crippen LogP contribution is -2.24. The molecule has 3 nitrogen and oxygen atoms in total. The Morgan fingerprint density at radius 1 is 1.27 bits per heavy atom. The summed E-state index contributed by atoms with van der Waals surface area (Å²) in [7, 11) is 1.71. The van der Waals surface area contributed by atoms with Crippen molar-refractivity contribution in [3.05, 3.63) is 0 Å². The van der Waals surface area contributed by atoms with Gasteiger partial charge in [-0.25, -0.2) is 0 Å². The van der Waals surface area contributed by atoms with E-state index in [1.165, 1.54) is 0 Å². The molecule has 92 valence electrons. The van der Waals surface area contributed by atoms with Crippen LogP contribution in [-0.2, 0) is 9.47 Å². The topological polar surface area (TPSA) is 38.7 Å². The highest BCUT2D eigenvalue weighted by molar-refractivity contribution is 4.70. The van der Waals surface area contributed by atoms with Gasteiger partial charge in [-0.3, -0.25) is 0 Å². The summed E-state index contributed by atoms with van der Waals surface area (Å²) in [5, 5.41) is 9.70. The van der Waals surface area contributed by atoms with Gasteiger partial charge in [0.05, 0.1) is 11.7 Å². The minimum atomic E-state index is -0.222. The largest absolute Gasteiger partial charge is 0.393 e. The Morgan fingerprint density at radius 2 is 1.93 bits per heavy atom. The fraction of sp³-hybridized carbons (Fsp3) is 1.00. The quantitative estimate of drug-likeness (QED) is 0.604. The minimum Gasteiger partial charge on any atom is -0.393 e. The molecule has 0 fully saturated rings. The van der Waals surface area contributed by atoms with E-state index >= 15 is 0 Å². The molecule has 1 unspecified atom stereocenters. The summed E-state index contributed by atoms with van der Waals surface area (Å²) in [6.07, 6.45) is 3.22. The van der Waals surface area contributed by atoms with Crippen LogP contribution in [0.4, 0.5) is 0 Å². The van der Waals surface area contributed by atoms with E-state index in [-0.39, 0.29) is 11.7 Å². The van der Waals surface area contributed by atoms with Gasteiger partial charge in [0.1, 0.15) is 0 Å². The van der Waals surface area contributed by atoms with Gasteiger partial charge in [0, 0.05) is 20.3 Å². The third-order valence-corrected chi connectivity index (χ3v) is 2.66. The second-order valence-electron chi connectivity index (χ2n) is 4.50. The zero-order valence-corrected chi connectivity index (χ0v) is 10.6. The highest BCUT2D eigenvalue weighted by atomic mass is 16.5. The summed E-state index contributed by atoms with van der Waals surface area (Å²) in [4.78, 5) is 0. The van der Waals surface area contributed by atoms with Crippen molar-refractivity contribution >= 4 is 0 Å². The Bertz CT molecular complexity index is 146. The van der Waals surface area contributed by atoms with Gasteiger partial charge in [-0.05, 0) is 46.5 Å². The average molecular weight is 218 g/mol. The monoisotopic (exact) mass is 218 g/mol. The molecule has 0 spiro atoms. The SMILES string of the molecule is CCOCCCC(O)CCC(C)(C)OC. The standard InChI is InChI=1S/C12H26O3/c1-5-15-10-6-7-11(13)8-9-12(2,3)14-4/h11,13H,5-10H2,1-4H3. The summed E-state index contributed by atoms with van der Waals surface area (Å²) in [6.45, 7) is 7.57. The molecule has 0 aromatic rings. The molecule has 0 radical (unpaired) electrons. The molecule has 0 bridgehead atoms. The summed E-state index contributed by atoms with van der Waals surface area (Å²) >= 11 is 0. The molecule has 0 amide bonds. The Balaban J connectivity index is 3.44. The fourth-order valence-corrected chi connectivity index (χ4v) is 1.33. The van der Waals surface area contributed by atoms with E-state index in [0.717, 1.165) is 38.9 Å². The molecule has 0 heterocycles. The van der Waals surface area contributed by atoms with Crippen LogP contribution in [0.25, 0.3) is 0 Å². The van der Waals surface area contributed by atoms with Crippen LogP contribution in [0, 0.1) is 0 Å². The van der Waals surface area contributed by atoms with Crippen molar-refractivity contribution in [2.24, 2.45) is 0 Å². The first-order chi connectivity index (χ1) is 7.02. The van der Waals surface area contributed by atoms with Gasteiger partial charge in [-0.15, -0.1) is 0 Å². The van der Waals surface area contributed by atoms with Crippen molar-refractivity contribution in [3.8, 4) is 0 Å². The van der Waals surface area contributed by atoms with Crippen LogP contribution >= 0.6 is 0 Å². The summed E-state index contributed by atoms with van der Waals surface area (Å²) in [5.74, 6) is 0. The molecule has 0 saturated carbocycles. The molecular weight excluding hydrogens is 192 g/mol. The predicted molar refractivity (Wildman–Crippen MR) is 62.1 cm³/mol.